The van der Waals surface area contributed by atoms with Gasteiger partial charge in [-0.25, -0.2) is 0 Å². The van der Waals surface area contributed by atoms with E-state index in [1.165, 1.54) is 13.2 Å². The molecule has 1 rings (SSSR count). The molecule has 4 nitrogen and oxygen atoms in total. The highest BCUT2D eigenvalue weighted by molar-refractivity contribution is 6.32. The van der Waals surface area contributed by atoms with Gasteiger partial charge in [-0.05, 0) is 17.7 Å². The monoisotopic (exact) mass is 230 g/mol. The van der Waals surface area contributed by atoms with Crippen LogP contribution in [0.4, 0.5) is 0 Å². The Balaban J connectivity index is 2.90. The van der Waals surface area contributed by atoms with E-state index in [2.05, 4.69) is 0 Å². The van der Waals surface area contributed by atoms with Gasteiger partial charge in [-0.2, -0.15) is 0 Å². The van der Waals surface area contributed by atoms with Gasteiger partial charge in [0, 0.05) is 0 Å². The molecule has 0 saturated carbocycles. The number of rotatable bonds is 4. The molecular formula is C10H11ClO4. The second kappa shape index (κ2) is 5.00. The van der Waals surface area contributed by atoms with Crippen molar-refractivity contribution in [2.75, 3.05) is 7.11 Å². The number of carboxylic acids is 1. The molecule has 0 radical (unpaired) electrons. The minimum absolute atomic E-state index is 0.342. The number of carbonyl (C=O) groups is 1. The lowest BCUT2D eigenvalue weighted by Gasteiger charge is -2.10. The molecule has 2 N–H and O–H groups in total. The predicted octanol–water partition coefficient (Wildman–Crippen LogP) is 1.86. The van der Waals surface area contributed by atoms with Crippen LogP contribution in [0, 0.1) is 0 Å². The Morgan fingerprint density at radius 2 is 2.27 bits per heavy atom. The summed E-state index contributed by atoms with van der Waals surface area (Å²) in [7, 11) is 1.45. The highest BCUT2D eigenvalue weighted by Gasteiger charge is 2.13. The molecule has 0 fully saturated rings. The van der Waals surface area contributed by atoms with Gasteiger partial charge >= 0.3 is 5.97 Å². The largest absolute Gasteiger partial charge is 0.495 e. The molecule has 5 heteroatoms. The molecule has 0 aliphatic carbocycles. The van der Waals surface area contributed by atoms with Crippen LogP contribution in [0.25, 0.3) is 0 Å². The summed E-state index contributed by atoms with van der Waals surface area (Å²) in [6, 6.07) is 4.65. The number of hydrogen-bond donors (Lipinski definition) is 2. The summed E-state index contributed by atoms with van der Waals surface area (Å²) in [6.45, 7) is 0. The Labute approximate surface area is 92.1 Å². The van der Waals surface area contributed by atoms with Crippen LogP contribution >= 0.6 is 11.6 Å². The van der Waals surface area contributed by atoms with Gasteiger partial charge in [0.2, 0.25) is 0 Å². The Bertz CT molecular complexity index is 364. The first-order valence-electron chi connectivity index (χ1n) is 4.28. The van der Waals surface area contributed by atoms with Crippen LogP contribution in [0.3, 0.4) is 0 Å². The Morgan fingerprint density at radius 1 is 1.60 bits per heavy atom. The lowest BCUT2D eigenvalue weighted by Crippen LogP contribution is -2.05. The van der Waals surface area contributed by atoms with Gasteiger partial charge in [0.1, 0.15) is 5.75 Å². The number of ether oxygens (including phenoxy) is 1. The van der Waals surface area contributed by atoms with Crippen molar-refractivity contribution in [3.8, 4) is 5.75 Å². The maximum Gasteiger partial charge on any atom is 0.306 e. The minimum Gasteiger partial charge on any atom is -0.495 e. The molecular weight excluding hydrogens is 220 g/mol. The molecule has 1 aromatic carbocycles. The summed E-state index contributed by atoms with van der Waals surface area (Å²) in [6.07, 6.45) is -1.39. The van der Waals surface area contributed by atoms with E-state index in [0.717, 1.165) is 0 Å². The smallest absolute Gasteiger partial charge is 0.306 e. The molecule has 0 amide bonds. The van der Waals surface area contributed by atoms with Gasteiger partial charge in [0.25, 0.3) is 0 Å². The van der Waals surface area contributed by atoms with Crippen LogP contribution in [-0.2, 0) is 4.79 Å². The molecule has 15 heavy (non-hydrogen) atoms. The number of aliphatic hydroxyl groups excluding tert-OH is 1. The third kappa shape index (κ3) is 3.11. The highest BCUT2D eigenvalue weighted by atomic mass is 35.5. The molecule has 82 valence electrons. The van der Waals surface area contributed by atoms with E-state index >= 15 is 0 Å². The van der Waals surface area contributed by atoms with Crippen molar-refractivity contribution in [3.05, 3.63) is 28.8 Å². The molecule has 0 heterocycles. The molecule has 1 aromatic rings. The number of aliphatic carboxylic acids is 1. The summed E-state index contributed by atoms with van der Waals surface area (Å²) >= 11 is 5.78. The molecule has 0 spiro atoms. The molecule has 0 aliphatic heterocycles. The average molecular weight is 231 g/mol. The van der Waals surface area contributed by atoms with Crippen molar-refractivity contribution < 1.29 is 19.7 Å². The number of aliphatic hydroxyl groups is 1. The first kappa shape index (κ1) is 11.8. The first-order chi connectivity index (χ1) is 7.04. The van der Waals surface area contributed by atoms with Gasteiger partial charge in [0.05, 0.1) is 24.7 Å². The zero-order chi connectivity index (χ0) is 11.4. The van der Waals surface area contributed by atoms with E-state index in [0.29, 0.717) is 16.3 Å². The van der Waals surface area contributed by atoms with Gasteiger partial charge in [-0.1, -0.05) is 17.7 Å². The third-order valence-corrected chi connectivity index (χ3v) is 2.24. The SMILES string of the molecule is COc1cc([C@H](O)CC(=O)O)ccc1Cl. The van der Waals surface area contributed by atoms with Crippen LogP contribution in [0.5, 0.6) is 5.75 Å². The first-order valence-corrected chi connectivity index (χ1v) is 4.65. The van der Waals surface area contributed by atoms with E-state index in [-0.39, 0.29) is 6.42 Å². The zero-order valence-corrected chi connectivity index (χ0v) is 8.86. The lowest BCUT2D eigenvalue weighted by molar-refractivity contribution is -0.139. The van der Waals surface area contributed by atoms with Gasteiger partial charge in [-0.3, -0.25) is 4.79 Å². The van der Waals surface area contributed by atoms with Crippen LogP contribution in [0.2, 0.25) is 5.02 Å². The molecule has 0 aromatic heterocycles. The van der Waals surface area contributed by atoms with E-state index in [9.17, 15) is 9.90 Å². The van der Waals surface area contributed by atoms with Gasteiger partial charge in [-0.15, -0.1) is 0 Å². The van der Waals surface area contributed by atoms with Crippen LogP contribution in [0.15, 0.2) is 18.2 Å². The normalized spacial score (nSPS) is 12.2. The van der Waals surface area contributed by atoms with Gasteiger partial charge in [0.15, 0.2) is 0 Å². The summed E-state index contributed by atoms with van der Waals surface area (Å²) in [5.74, 6) is -0.643. The van der Waals surface area contributed by atoms with Crippen molar-refractivity contribution in [1.82, 2.24) is 0 Å². The Morgan fingerprint density at radius 3 is 2.80 bits per heavy atom. The number of carboxylic acid groups (broad SMARTS) is 1. The topological polar surface area (TPSA) is 66.8 Å². The third-order valence-electron chi connectivity index (χ3n) is 1.93. The molecule has 1 atom stereocenters. The minimum atomic E-state index is -1.06. The van der Waals surface area contributed by atoms with Gasteiger partial charge < -0.3 is 14.9 Å². The highest BCUT2D eigenvalue weighted by Crippen LogP contribution is 2.28. The number of benzene rings is 1. The predicted molar refractivity (Wildman–Crippen MR) is 55.2 cm³/mol. The average Bonchev–Trinajstić information content (AvgIpc) is 2.17. The lowest BCUT2D eigenvalue weighted by atomic mass is 10.1. The number of halogens is 1. The van der Waals surface area contributed by atoms with Crippen molar-refractivity contribution in [2.45, 2.75) is 12.5 Å². The fourth-order valence-corrected chi connectivity index (χ4v) is 1.36. The second-order valence-corrected chi connectivity index (χ2v) is 3.41. The zero-order valence-electron chi connectivity index (χ0n) is 8.11. The van der Waals surface area contributed by atoms with E-state index in [1.54, 1.807) is 12.1 Å². The van der Waals surface area contributed by atoms with E-state index in [4.69, 9.17) is 21.4 Å². The van der Waals surface area contributed by atoms with Crippen molar-refractivity contribution in [3.63, 3.8) is 0 Å². The second-order valence-electron chi connectivity index (χ2n) is 3.01. The molecule has 0 saturated heterocycles. The summed E-state index contributed by atoms with van der Waals surface area (Å²) < 4.78 is 4.95. The summed E-state index contributed by atoms with van der Waals surface area (Å²) in [5.41, 5.74) is 0.471. The standard InChI is InChI=1S/C10H11ClO4/c1-15-9-4-6(2-3-7(9)11)8(12)5-10(13)14/h2-4,8,12H,5H2,1H3,(H,13,14)/t8-/m1/s1. The van der Waals surface area contributed by atoms with E-state index in [1.807, 2.05) is 0 Å². The Hall–Kier alpha value is -1.26. The number of methoxy groups -OCH3 is 1. The quantitative estimate of drug-likeness (QED) is 0.829. The van der Waals surface area contributed by atoms with Crippen molar-refractivity contribution >= 4 is 17.6 Å². The molecule has 0 bridgehead atoms. The summed E-state index contributed by atoms with van der Waals surface area (Å²) in [5, 5.41) is 18.5. The van der Waals surface area contributed by atoms with Crippen molar-refractivity contribution in [1.29, 1.82) is 0 Å². The van der Waals surface area contributed by atoms with Crippen LogP contribution < -0.4 is 4.74 Å². The molecule has 0 aliphatic rings. The molecule has 0 unspecified atom stereocenters. The van der Waals surface area contributed by atoms with Crippen molar-refractivity contribution in [2.24, 2.45) is 0 Å². The summed E-state index contributed by atoms with van der Waals surface area (Å²) in [4.78, 5) is 10.4. The van der Waals surface area contributed by atoms with Crippen LogP contribution in [0.1, 0.15) is 18.1 Å². The maximum atomic E-state index is 10.4. The fourth-order valence-electron chi connectivity index (χ4n) is 1.17. The fraction of sp³-hybridized carbons (Fsp3) is 0.300. The van der Waals surface area contributed by atoms with Crippen LogP contribution in [-0.4, -0.2) is 23.3 Å². The number of hydrogen-bond acceptors (Lipinski definition) is 3. The Kier molecular flexibility index (Phi) is 3.94. The van der Waals surface area contributed by atoms with E-state index < -0.39 is 12.1 Å². The maximum absolute atomic E-state index is 10.4.